The number of ether oxygens (including phenoxy) is 2. The zero-order valence-corrected chi connectivity index (χ0v) is 10.1. The molecular formula is C13H16N2O2. The van der Waals surface area contributed by atoms with E-state index in [0.29, 0.717) is 13.2 Å². The summed E-state index contributed by atoms with van der Waals surface area (Å²) in [6, 6.07) is 7.97. The first-order valence-corrected chi connectivity index (χ1v) is 5.53. The Morgan fingerprint density at radius 3 is 2.88 bits per heavy atom. The SMILES string of the molecule is COCCOc1cccc(-c2cn[nH]c2C)c1. The fourth-order valence-corrected chi connectivity index (χ4v) is 1.64. The third kappa shape index (κ3) is 2.85. The topological polar surface area (TPSA) is 47.1 Å². The van der Waals surface area contributed by atoms with Crippen molar-refractivity contribution in [1.82, 2.24) is 10.2 Å². The van der Waals surface area contributed by atoms with Gasteiger partial charge in [0.15, 0.2) is 0 Å². The predicted octanol–water partition coefficient (Wildman–Crippen LogP) is 2.41. The van der Waals surface area contributed by atoms with E-state index in [4.69, 9.17) is 9.47 Å². The molecule has 0 unspecified atom stereocenters. The van der Waals surface area contributed by atoms with E-state index in [1.165, 1.54) is 0 Å². The van der Waals surface area contributed by atoms with Crippen LogP contribution >= 0.6 is 0 Å². The summed E-state index contributed by atoms with van der Waals surface area (Å²) in [5.41, 5.74) is 3.26. The minimum Gasteiger partial charge on any atom is -0.491 e. The Kier molecular flexibility index (Phi) is 3.77. The maximum Gasteiger partial charge on any atom is 0.120 e. The molecular weight excluding hydrogens is 216 g/mol. The van der Waals surface area contributed by atoms with E-state index < -0.39 is 0 Å². The van der Waals surface area contributed by atoms with Crippen molar-refractivity contribution >= 4 is 0 Å². The normalized spacial score (nSPS) is 10.5. The maximum atomic E-state index is 5.57. The van der Waals surface area contributed by atoms with Crippen LogP contribution in [0.5, 0.6) is 5.75 Å². The molecule has 0 amide bonds. The molecule has 0 saturated heterocycles. The molecule has 1 heterocycles. The van der Waals surface area contributed by atoms with Crippen LogP contribution in [0.25, 0.3) is 11.1 Å². The van der Waals surface area contributed by atoms with Crippen molar-refractivity contribution in [2.45, 2.75) is 6.92 Å². The Labute approximate surface area is 101 Å². The lowest BCUT2D eigenvalue weighted by atomic mass is 10.1. The Morgan fingerprint density at radius 1 is 1.29 bits per heavy atom. The summed E-state index contributed by atoms with van der Waals surface area (Å²) in [5, 5.41) is 6.95. The molecule has 0 saturated carbocycles. The summed E-state index contributed by atoms with van der Waals surface area (Å²) in [7, 11) is 1.66. The summed E-state index contributed by atoms with van der Waals surface area (Å²) >= 11 is 0. The highest BCUT2D eigenvalue weighted by atomic mass is 16.5. The molecule has 0 spiro atoms. The predicted molar refractivity (Wildman–Crippen MR) is 66.1 cm³/mol. The zero-order valence-electron chi connectivity index (χ0n) is 10.1. The molecule has 17 heavy (non-hydrogen) atoms. The number of hydrogen-bond donors (Lipinski definition) is 1. The minimum atomic E-state index is 0.560. The lowest BCUT2D eigenvalue weighted by Crippen LogP contribution is -2.04. The summed E-state index contributed by atoms with van der Waals surface area (Å²) < 4.78 is 10.5. The molecule has 2 aromatic rings. The standard InChI is InChI=1S/C13H16N2O2/c1-10-13(9-14-15-10)11-4-3-5-12(8-11)17-7-6-16-2/h3-5,8-9H,6-7H2,1-2H3,(H,14,15). The fraction of sp³-hybridized carbons (Fsp3) is 0.308. The minimum absolute atomic E-state index is 0.560. The van der Waals surface area contributed by atoms with Crippen LogP contribution in [-0.2, 0) is 4.74 Å². The molecule has 0 radical (unpaired) electrons. The number of methoxy groups -OCH3 is 1. The Hall–Kier alpha value is -1.81. The van der Waals surface area contributed by atoms with Crippen LogP contribution in [0.1, 0.15) is 5.69 Å². The first-order valence-electron chi connectivity index (χ1n) is 5.53. The molecule has 0 fully saturated rings. The number of hydrogen-bond acceptors (Lipinski definition) is 3. The van der Waals surface area contributed by atoms with Crippen LogP contribution in [0.15, 0.2) is 30.5 Å². The van der Waals surface area contributed by atoms with Crippen LogP contribution in [0, 0.1) is 6.92 Å². The number of H-pyrrole nitrogens is 1. The number of rotatable bonds is 5. The first-order chi connectivity index (χ1) is 8.31. The van der Waals surface area contributed by atoms with Crippen molar-refractivity contribution < 1.29 is 9.47 Å². The van der Waals surface area contributed by atoms with Gasteiger partial charge in [-0.1, -0.05) is 12.1 Å². The van der Waals surface area contributed by atoms with E-state index in [2.05, 4.69) is 10.2 Å². The molecule has 2 rings (SSSR count). The Balaban J connectivity index is 2.14. The van der Waals surface area contributed by atoms with Gasteiger partial charge in [-0.3, -0.25) is 5.10 Å². The van der Waals surface area contributed by atoms with Crippen LogP contribution in [-0.4, -0.2) is 30.5 Å². The monoisotopic (exact) mass is 232 g/mol. The molecule has 1 aromatic heterocycles. The van der Waals surface area contributed by atoms with Crippen molar-refractivity contribution in [1.29, 1.82) is 0 Å². The first kappa shape index (κ1) is 11.7. The lowest BCUT2D eigenvalue weighted by Gasteiger charge is -2.07. The molecule has 0 bridgehead atoms. The van der Waals surface area contributed by atoms with Crippen LogP contribution in [0.2, 0.25) is 0 Å². The smallest absolute Gasteiger partial charge is 0.120 e. The van der Waals surface area contributed by atoms with Gasteiger partial charge in [0.25, 0.3) is 0 Å². The second-order valence-electron chi connectivity index (χ2n) is 3.78. The molecule has 4 nitrogen and oxygen atoms in total. The van der Waals surface area contributed by atoms with Crippen molar-refractivity contribution in [2.75, 3.05) is 20.3 Å². The zero-order chi connectivity index (χ0) is 12.1. The third-order valence-corrected chi connectivity index (χ3v) is 2.53. The van der Waals surface area contributed by atoms with E-state index in [-0.39, 0.29) is 0 Å². The number of nitrogens with one attached hydrogen (secondary N) is 1. The maximum absolute atomic E-state index is 5.57. The van der Waals surface area contributed by atoms with Gasteiger partial charge < -0.3 is 9.47 Å². The fourth-order valence-electron chi connectivity index (χ4n) is 1.64. The van der Waals surface area contributed by atoms with E-state index >= 15 is 0 Å². The molecule has 1 N–H and O–H groups in total. The highest BCUT2D eigenvalue weighted by Gasteiger charge is 2.04. The Morgan fingerprint density at radius 2 is 2.18 bits per heavy atom. The number of aromatic nitrogens is 2. The average molecular weight is 232 g/mol. The molecule has 0 aliphatic carbocycles. The quantitative estimate of drug-likeness (QED) is 0.805. The summed E-state index contributed by atoms with van der Waals surface area (Å²) in [5.74, 6) is 0.847. The lowest BCUT2D eigenvalue weighted by molar-refractivity contribution is 0.146. The van der Waals surface area contributed by atoms with Crippen molar-refractivity contribution in [3.8, 4) is 16.9 Å². The molecule has 0 atom stereocenters. The summed E-state index contributed by atoms with van der Waals surface area (Å²) in [4.78, 5) is 0. The second-order valence-corrected chi connectivity index (χ2v) is 3.78. The van der Waals surface area contributed by atoms with Crippen molar-refractivity contribution in [2.24, 2.45) is 0 Å². The largest absolute Gasteiger partial charge is 0.491 e. The van der Waals surface area contributed by atoms with Gasteiger partial charge in [-0.25, -0.2) is 0 Å². The second kappa shape index (κ2) is 5.50. The van der Waals surface area contributed by atoms with Crippen LogP contribution in [0.4, 0.5) is 0 Å². The average Bonchev–Trinajstić information content (AvgIpc) is 2.76. The number of aryl methyl sites for hydroxylation is 1. The van der Waals surface area contributed by atoms with Crippen molar-refractivity contribution in [3.05, 3.63) is 36.2 Å². The Bertz CT molecular complexity index is 480. The highest BCUT2D eigenvalue weighted by molar-refractivity contribution is 5.66. The molecule has 4 heteroatoms. The van der Waals surface area contributed by atoms with Crippen LogP contribution in [0.3, 0.4) is 0 Å². The van der Waals surface area contributed by atoms with Gasteiger partial charge in [-0.2, -0.15) is 5.10 Å². The van der Waals surface area contributed by atoms with E-state index in [1.807, 2.05) is 37.4 Å². The summed E-state index contributed by atoms with van der Waals surface area (Å²) in [6.45, 7) is 3.15. The molecule has 0 aliphatic heterocycles. The van der Waals surface area contributed by atoms with Gasteiger partial charge in [0, 0.05) is 18.4 Å². The van der Waals surface area contributed by atoms with Gasteiger partial charge >= 0.3 is 0 Å². The number of benzene rings is 1. The number of aromatic amines is 1. The highest BCUT2D eigenvalue weighted by Crippen LogP contribution is 2.25. The van der Waals surface area contributed by atoms with Gasteiger partial charge in [0.1, 0.15) is 12.4 Å². The van der Waals surface area contributed by atoms with E-state index in [1.54, 1.807) is 7.11 Å². The van der Waals surface area contributed by atoms with E-state index in [0.717, 1.165) is 22.6 Å². The van der Waals surface area contributed by atoms with E-state index in [9.17, 15) is 0 Å². The molecule has 1 aromatic carbocycles. The number of nitrogens with zero attached hydrogens (tertiary/aromatic N) is 1. The molecule has 0 aliphatic rings. The van der Waals surface area contributed by atoms with Gasteiger partial charge in [0.05, 0.1) is 12.8 Å². The van der Waals surface area contributed by atoms with Crippen LogP contribution < -0.4 is 4.74 Å². The van der Waals surface area contributed by atoms with Gasteiger partial charge in [0.2, 0.25) is 0 Å². The van der Waals surface area contributed by atoms with Gasteiger partial charge in [-0.05, 0) is 24.6 Å². The van der Waals surface area contributed by atoms with Crippen molar-refractivity contribution in [3.63, 3.8) is 0 Å². The van der Waals surface area contributed by atoms with Gasteiger partial charge in [-0.15, -0.1) is 0 Å². The summed E-state index contributed by atoms with van der Waals surface area (Å²) in [6.07, 6.45) is 1.82. The third-order valence-electron chi connectivity index (χ3n) is 2.53. The molecule has 90 valence electrons.